The predicted molar refractivity (Wildman–Crippen MR) is 103 cm³/mol. The van der Waals surface area contributed by atoms with Gasteiger partial charge in [0.15, 0.2) is 0 Å². The molecule has 0 heterocycles. The van der Waals surface area contributed by atoms with Gasteiger partial charge in [0.1, 0.15) is 0 Å². The molecule has 0 saturated heterocycles. The van der Waals surface area contributed by atoms with Crippen molar-refractivity contribution in [1.82, 2.24) is 4.72 Å². The minimum atomic E-state index is -3.51. The summed E-state index contributed by atoms with van der Waals surface area (Å²) in [6.07, 6.45) is 0. The Morgan fingerprint density at radius 2 is 1.35 bits per heavy atom. The molecule has 1 amide bonds. The molecule has 5 nitrogen and oxygen atoms in total. The minimum Gasteiger partial charge on any atom is -0.322 e. The van der Waals surface area contributed by atoms with Crippen molar-refractivity contribution in [3.8, 4) is 11.1 Å². The lowest BCUT2D eigenvalue weighted by molar-refractivity contribution is 0.102. The highest BCUT2D eigenvalue weighted by atomic mass is 32.2. The first-order valence-electron chi connectivity index (χ1n) is 8.00. The summed E-state index contributed by atoms with van der Waals surface area (Å²) < 4.78 is 25.7. The van der Waals surface area contributed by atoms with E-state index in [1.807, 2.05) is 54.6 Å². The molecule has 0 bridgehead atoms. The van der Waals surface area contributed by atoms with Crippen LogP contribution in [-0.2, 0) is 10.0 Å². The fraction of sp³-hybridized carbons (Fsp3) is 0.0500. The molecular weight excluding hydrogens is 348 g/mol. The molecule has 3 rings (SSSR count). The summed E-state index contributed by atoms with van der Waals surface area (Å²) in [6.45, 7) is 0. The predicted octanol–water partition coefficient (Wildman–Crippen LogP) is 3.51. The molecule has 0 aliphatic carbocycles. The summed E-state index contributed by atoms with van der Waals surface area (Å²) in [7, 11) is -2.17. The lowest BCUT2D eigenvalue weighted by Crippen LogP contribution is -2.19. The first-order valence-corrected chi connectivity index (χ1v) is 9.48. The van der Waals surface area contributed by atoms with Gasteiger partial charge < -0.3 is 5.32 Å². The van der Waals surface area contributed by atoms with Gasteiger partial charge in [-0.1, -0.05) is 42.5 Å². The Morgan fingerprint density at radius 3 is 1.92 bits per heavy atom. The summed E-state index contributed by atoms with van der Waals surface area (Å²) in [5.74, 6) is -0.300. The van der Waals surface area contributed by atoms with Crippen LogP contribution in [0, 0.1) is 0 Å². The Bertz CT molecular complexity index is 997. The van der Waals surface area contributed by atoms with E-state index in [-0.39, 0.29) is 10.8 Å². The summed E-state index contributed by atoms with van der Waals surface area (Å²) in [5.41, 5.74) is 3.21. The van der Waals surface area contributed by atoms with Crippen molar-refractivity contribution >= 4 is 21.6 Å². The van der Waals surface area contributed by atoms with Crippen LogP contribution >= 0.6 is 0 Å². The first kappa shape index (κ1) is 17.8. The third-order valence-corrected chi connectivity index (χ3v) is 5.38. The molecule has 26 heavy (non-hydrogen) atoms. The zero-order valence-corrected chi connectivity index (χ0v) is 15.0. The van der Waals surface area contributed by atoms with Gasteiger partial charge in [-0.15, -0.1) is 0 Å². The van der Waals surface area contributed by atoms with Crippen LogP contribution < -0.4 is 10.0 Å². The van der Waals surface area contributed by atoms with Crippen molar-refractivity contribution in [2.45, 2.75) is 4.90 Å². The van der Waals surface area contributed by atoms with Crippen LogP contribution in [0.5, 0.6) is 0 Å². The van der Waals surface area contributed by atoms with Crippen molar-refractivity contribution in [2.24, 2.45) is 0 Å². The molecule has 0 unspecified atom stereocenters. The second kappa shape index (κ2) is 7.51. The number of hydrogen-bond donors (Lipinski definition) is 2. The standard InChI is InChI=1S/C20H18N2O3S/c1-21-26(24,25)19-13-9-17(10-14-19)20(23)22-18-11-7-16(8-12-18)15-5-3-2-4-6-15/h2-14,21H,1H3,(H,22,23). The number of carbonyl (C=O) groups is 1. The molecule has 6 heteroatoms. The molecule has 0 aromatic heterocycles. The highest BCUT2D eigenvalue weighted by molar-refractivity contribution is 7.89. The average molecular weight is 366 g/mol. The van der Waals surface area contributed by atoms with E-state index in [9.17, 15) is 13.2 Å². The lowest BCUT2D eigenvalue weighted by atomic mass is 10.1. The number of rotatable bonds is 5. The molecular formula is C20H18N2O3S. The Kier molecular flexibility index (Phi) is 5.16. The summed E-state index contributed by atoms with van der Waals surface area (Å²) >= 11 is 0. The number of benzene rings is 3. The van der Waals surface area contributed by atoms with E-state index in [0.29, 0.717) is 11.3 Å². The maximum atomic E-state index is 12.3. The Hall–Kier alpha value is -2.96. The maximum absolute atomic E-state index is 12.3. The fourth-order valence-electron chi connectivity index (χ4n) is 2.48. The zero-order valence-electron chi connectivity index (χ0n) is 14.1. The smallest absolute Gasteiger partial charge is 0.255 e. The highest BCUT2D eigenvalue weighted by Gasteiger charge is 2.12. The van der Waals surface area contributed by atoms with Crippen molar-refractivity contribution in [3.05, 3.63) is 84.4 Å². The van der Waals surface area contributed by atoms with Crippen molar-refractivity contribution in [1.29, 1.82) is 0 Å². The van der Waals surface area contributed by atoms with E-state index in [4.69, 9.17) is 0 Å². The van der Waals surface area contributed by atoms with E-state index in [1.54, 1.807) is 0 Å². The number of carbonyl (C=O) groups excluding carboxylic acids is 1. The second-order valence-electron chi connectivity index (χ2n) is 5.63. The lowest BCUT2D eigenvalue weighted by Gasteiger charge is -2.08. The van der Waals surface area contributed by atoms with Crippen LogP contribution in [0.1, 0.15) is 10.4 Å². The maximum Gasteiger partial charge on any atom is 0.255 e. The van der Waals surface area contributed by atoms with Crippen LogP contribution in [0.25, 0.3) is 11.1 Å². The summed E-state index contributed by atoms with van der Waals surface area (Å²) in [5, 5.41) is 2.81. The van der Waals surface area contributed by atoms with Gasteiger partial charge in [0, 0.05) is 11.3 Å². The monoisotopic (exact) mass is 366 g/mol. The van der Waals surface area contributed by atoms with Crippen LogP contribution in [0.15, 0.2) is 83.8 Å². The van der Waals surface area contributed by atoms with Crippen LogP contribution in [0.3, 0.4) is 0 Å². The van der Waals surface area contributed by atoms with Gasteiger partial charge in [-0.25, -0.2) is 13.1 Å². The number of nitrogens with one attached hydrogen (secondary N) is 2. The molecule has 3 aromatic carbocycles. The Labute approximate surface area is 152 Å². The molecule has 0 atom stereocenters. The molecule has 0 saturated carbocycles. The van der Waals surface area contributed by atoms with E-state index >= 15 is 0 Å². The normalized spacial score (nSPS) is 11.1. The number of anilines is 1. The average Bonchev–Trinajstić information content (AvgIpc) is 2.69. The number of sulfonamides is 1. The van der Waals surface area contributed by atoms with E-state index < -0.39 is 10.0 Å². The van der Waals surface area contributed by atoms with Gasteiger partial charge in [-0.2, -0.15) is 0 Å². The van der Waals surface area contributed by atoms with E-state index in [0.717, 1.165) is 11.1 Å². The summed E-state index contributed by atoms with van der Waals surface area (Å²) in [6, 6.07) is 23.3. The molecule has 3 aromatic rings. The van der Waals surface area contributed by atoms with Crippen molar-refractivity contribution in [2.75, 3.05) is 12.4 Å². The molecule has 0 radical (unpaired) electrons. The molecule has 0 fully saturated rings. The third kappa shape index (κ3) is 3.99. The number of hydrogen-bond acceptors (Lipinski definition) is 3. The quantitative estimate of drug-likeness (QED) is 0.725. The molecule has 0 aliphatic rings. The molecule has 132 valence electrons. The van der Waals surface area contributed by atoms with E-state index in [2.05, 4.69) is 10.0 Å². The van der Waals surface area contributed by atoms with Gasteiger partial charge in [0.25, 0.3) is 5.91 Å². The highest BCUT2D eigenvalue weighted by Crippen LogP contribution is 2.21. The Balaban J connectivity index is 1.72. The summed E-state index contributed by atoms with van der Waals surface area (Å²) in [4.78, 5) is 12.4. The van der Waals surface area contributed by atoms with Crippen LogP contribution in [0.4, 0.5) is 5.69 Å². The second-order valence-corrected chi connectivity index (χ2v) is 7.52. The molecule has 2 N–H and O–H groups in total. The van der Waals surface area contributed by atoms with E-state index in [1.165, 1.54) is 31.3 Å². The van der Waals surface area contributed by atoms with Gasteiger partial charge >= 0.3 is 0 Å². The SMILES string of the molecule is CNS(=O)(=O)c1ccc(C(=O)Nc2ccc(-c3ccccc3)cc2)cc1. The van der Waals surface area contributed by atoms with Crippen molar-refractivity contribution < 1.29 is 13.2 Å². The van der Waals surface area contributed by atoms with Gasteiger partial charge in [-0.3, -0.25) is 4.79 Å². The third-order valence-electron chi connectivity index (χ3n) is 3.95. The van der Waals surface area contributed by atoms with Gasteiger partial charge in [-0.05, 0) is 54.6 Å². The first-order chi connectivity index (χ1) is 12.5. The molecule has 0 aliphatic heterocycles. The number of amides is 1. The zero-order chi connectivity index (χ0) is 18.6. The largest absolute Gasteiger partial charge is 0.322 e. The van der Waals surface area contributed by atoms with Crippen LogP contribution in [0.2, 0.25) is 0 Å². The van der Waals surface area contributed by atoms with Crippen LogP contribution in [-0.4, -0.2) is 21.4 Å². The molecule has 0 spiro atoms. The minimum absolute atomic E-state index is 0.115. The van der Waals surface area contributed by atoms with Crippen molar-refractivity contribution in [3.63, 3.8) is 0 Å². The van der Waals surface area contributed by atoms with Gasteiger partial charge in [0.2, 0.25) is 10.0 Å². The fourth-order valence-corrected chi connectivity index (χ4v) is 3.21. The Morgan fingerprint density at radius 1 is 0.769 bits per heavy atom. The van der Waals surface area contributed by atoms with Gasteiger partial charge in [0.05, 0.1) is 4.90 Å². The topological polar surface area (TPSA) is 75.3 Å².